The Morgan fingerprint density at radius 1 is 1.27 bits per heavy atom. The highest BCUT2D eigenvalue weighted by atomic mass is 35.5. The lowest BCUT2D eigenvalue weighted by molar-refractivity contribution is -0.138. The van der Waals surface area contributed by atoms with E-state index in [4.69, 9.17) is 26.2 Å². The molecule has 1 aliphatic carbocycles. The van der Waals surface area contributed by atoms with E-state index in [-0.39, 0.29) is 18.6 Å². The Morgan fingerprint density at radius 2 is 2.15 bits per heavy atom. The molecule has 5 nitrogen and oxygen atoms in total. The minimum Gasteiger partial charge on any atom is -0.489 e. The highest BCUT2D eigenvalue weighted by molar-refractivity contribution is 6.31. The molecule has 178 valence electrons. The second-order valence-electron chi connectivity index (χ2n) is 9.06. The SMILES string of the molecule is CCCCCc1cccc(Cl)c1COc1ccc2c(c1)CCC1C2OCCN1CCC(=O)O. The smallest absolute Gasteiger partial charge is 0.304 e. The second-order valence-corrected chi connectivity index (χ2v) is 9.47. The molecule has 1 fully saturated rings. The van der Waals surface area contributed by atoms with Crippen LogP contribution in [0.15, 0.2) is 36.4 Å². The molecule has 6 heteroatoms. The number of nitrogens with zero attached hydrogens (tertiary/aromatic N) is 1. The molecule has 4 rings (SSSR count). The van der Waals surface area contributed by atoms with Crippen LogP contribution in [0.4, 0.5) is 0 Å². The van der Waals surface area contributed by atoms with Gasteiger partial charge in [0, 0.05) is 29.7 Å². The van der Waals surface area contributed by atoms with Crippen molar-refractivity contribution in [2.45, 2.75) is 70.6 Å². The van der Waals surface area contributed by atoms with Crippen LogP contribution in [0.25, 0.3) is 0 Å². The highest BCUT2D eigenvalue weighted by Gasteiger charge is 2.37. The summed E-state index contributed by atoms with van der Waals surface area (Å²) in [5.74, 6) is 0.105. The normalized spacial score (nSPS) is 20.2. The van der Waals surface area contributed by atoms with Gasteiger partial charge in [0.1, 0.15) is 12.4 Å². The summed E-state index contributed by atoms with van der Waals surface area (Å²) in [6, 6.07) is 12.6. The molecule has 2 aromatic carbocycles. The van der Waals surface area contributed by atoms with E-state index in [0.29, 0.717) is 19.8 Å². The molecule has 1 aliphatic heterocycles. The van der Waals surface area contributed by atoms with E-state index < -0.39 is 5.97 Å². The number of ether oxygens (including phenoxy) is 2. The summed E-state index contributed by atoms with van der Waals surface area (Å²) in [5.41, 5.74) is 4.82. The molecular weight excluding hydrogens is 438 g/mol. The average Bonchev–Trinajstić information content (AvgIpc) is 2.82. The van der Waals surface area contributed by atoms with Gasteiger partial charge in [0.15, 0.2) is 0 Å². The lowest BCUT2D eigenvalue weighted by atomic mass is 9.84. The van der Waals surface area contributed by atoms with Gasteiger partial charge in [0.2, 0.25) is 0 Å². The number of carboxylic acids is 1. The van der Waals surface area contributed by atoms with Crippen LogP contribution in [0.3, 0.4) is 0 Å². The van der Waals surface area contributed by atoms with Gasteiger partial charge >= 0.3 is 5.97 Å². The Hall–Kier alpha value is -2.08. The Balaban J connectivity index is 1.44. The van der Waals surface area contributed by atoms with E-state index in [1.807, 2.05) is 18.2 Å². The van der Waals surface area contributed by atoms with Crippen LogP contribution >= 0.6 is 11.6 Å². The van der Waals surface area contributed by atoms with Gasteiger partial charge in [-0.25, -0.2) is 0 Å². The van der Waals surface area contributed by atoms with Gasteiger partial charge in [-0.1, -0.05) is 49.6 Å². The molecule has 0 aromatic heterocycles. The van der Waals surface area contributed by atoms with Crippen molar-refractivity contribution >= 4 is 17.6 Å². The summed E-state index contributed by atoms with van der Waals surface area (Å²) < 4.78 is 12.4. The molecule has 0 bridgehead atoms. The van der Waals surface area contributed by atoms with Crippen LogP contribution in [0.5, 0.6) is 5.75 Å². The van der Waals surface area contributed by atoms with E-state index in [9.17, 15) is 4.79 Å². The Kier molecular flexibility index (Phi) is 8.29. The molecule has 2 aliphatic rings. The van der Waals surface area contributed by atoms with Crippen molar-refractivity contribution in [1.82, 2.24) is 4.90 Å². The second kappa shape index (κ2) is 11.4. The quantitative estimate of drug-likeness (QED) is 0.443. The predicted octanol–water partition coefficient (Wildman–Crippen LogP) is 5.81. The van der Waals surface area contributed by atoms with Crippen LogP contribution in [-0.2, 0) is 29.0 Å². The van der Waals surface area contributed by atoms with E-state index in [0.717, 1.165) is 48.6 Å². The zero-order valence-corrected chi connectivity index (χ0v) is 20.2. The fourth-order valence-electron chi connectivity index (χ4n) is 5.10. The van der Waals surface area contributed by atoms with Crippen LogP contribution in [0.2, 0.25) is 5.02 Å². The maximum atomic E-state index is 11.0. The minimum absolute atomic E-state index is 0.000851. The molecule has 1 heterocycles. The first-order chi connectivity index (χ1) is 16.1. The minimum atomic E-state index is -0.747. The molecular formula is C27H34ClNO4. The Morgan fingerprint density at radius 3 is 2.97 bits per heavy atom. The number of halogens is 1. The van der Waals surface area contributed by atoms with Crippen molar-refractivity contribution in [2.75, 3.05) is 19.7 Å². The first-order valence-electron chi connectivity index (χ1n) is 12.2. The largest absolute Gasteiger partial charge is 0.489 e. The number of benzene rings is 2. The zero-order chi connectivity index (χ0) is 23.2. The molecule has 2 unspecified atom stereocenters. The first kappa shape index (κ1) is 24.1. The van der Waals surface area contributed by atoms with Crippen molar-refractivity contribution in [3.05, 3.63) is 63.7 Å². The summed E-state index contributed by atoms with van der Waals surface area (Å²) in [6.45, 7) is 4.68. The van der Waals surface area contributed by atoms with Crippen LogP contribution in [0.1, 0.15) is 67.4 Å². The lowest BCUT2D eigenvalue weighted by Gasteiger charge is -2.44. The van der Waals surface area contributed by atoms with Crippen molar-refractivity contribution < 1.29 is 19.4 Å². The maximum absolute atomic E-state index is 11.0. The number of aliphatic carboxylic acids is 1. The van der Waals surface area contributed by atoms with Gasteiger partial charge in [-0.05, 0) is 60.6 Å². The highest BCUT2D eigenvalue weighted by Crippen LogP contribution is 2.39. The molecule has 1 N–H and O–H groups in total. The van der Waals surface area contributed by atoms with Gasteiger partial charge < -0.3 is 14.6 Å². The maximum Gasteiger partial charge on any atom is 0.304 e. The van der Waals surface area contributed by atoms with Crippen LogP contribution in [0, 0.1) is 0 Å². The topological polar surface area (TPSA) is 59.0 Å². The summed E-state index contributed by atoms with van der Waals surface area (Å²) >= 11 is 6.52. The molecule has 0 spiro atoms. The fraction of sp³-hybridized carbons (Fsp3) is 0.519. The number of unbranched alkanes of at least 4 members (excludes halogenated alkanes) is 2. The van der Waals surface area contributed by atoms with Gasteiger partial charge in [-0.15, -0.1) is 0 Å². The molecule has 0 amide bonds. The number of hydrogen-bond acceptors (Lipinski definition) is 4. The number of morpholine rings is 1. The monoisotopic (exact) mass is 471 g/mol. The molecule has 33 heavy (non-hydrogen) atoms. The Labute approximate surface area is 201 Å². The number of aryl methyl sites for hydroxylation is 2. The third kappa shape index (κ3) is 5.89. The molecule has 2 atom stereocenters. The average molecular weight is 472 g/mol. The number of carboxylic acid groups (broad SMARTS) is 1. The molecule has 0 radical (unpaired) electrons. The zero-order valence-electron chi connectivity index (χ0n) is 19.4. The van der Waals surface area contributed by atoms with Crippen molar-refractivity contribution in [2.24, 2.45) is 0 Å². The fourth-order valence-corrected chi connectivity index (χ4v) is 5.35. The van der Waals surface area contributed by atoms with Gasteiger partial charge in [-0.2, -0.15) is 0 Å². The molecule has 0 saturated carbocycles. The first-order valence-corrected chi connectivity index (χ1v) is 12.5. The standard InChI is InChI=1S/C27H34ClNO4/c1-2-3-4-6-19-7-5-8-24(28)23(19)18-33-21-10-11-22-20(17-21)9-12-25-27(22)32-16-15-29(25)14-13-26(30)31/h5,7-8,10-11,17,25,27H,2-4,6,9,12-16,18H2,1H3,(H,30,31). The molecule has 2 aromatic rings. The summed E-state index contributed by atoms with van der Waals surface area (Å²) in [7, 11) is 0. The van der Waals surface area contributed by atoms with Crippen LogP contribution in [-0.4, -0.2) is 41.7 Å². The van der Waals surface area contributed by atoms with E-state index in [2.05, 4.69) is 30.0 Å². The van der Waals surface area contributed by atoms with Gasteiger partial charge in [0.25, 0.3) is 0 Å². The van der Waals surface area contributed by atoms with Crippen molar-refractivity contribution in [1.29, 1.82) is 0 Å². The third-order valence-electron chi connectivity index (χ3n) is 6.89. The lowest BCUT2D eigenvalue weighted by Crippen LogP contribution is -2.49. The summed E-state index contributed by atoms with van der Waals surface area (Å²) in [4.78, 5) is 13.3. The van der Waals surface area contributed by atoms with Crippen molar-refractivity contribution in [3.63, 3.8) is 0 Å². The van der Waals surface area contributed by atoms with Gasteiger partial charge in [-0.3, -0.25) is 9.69 Å². The molecule has 1 saturated heterocycles. The summed E-state index contributed by atoms with van der Waals surface area (Å²) in [6.07, 6.45) is 6.68. The summed E-state index contributed by atoms with van der Waals surface area (Å²) in [5, 5.41) is 9.83. The number of fused-ring (bicyclic) bond motifs is 3. The van der Waals surface area contributed by atoms with Crippen LogP contribution < -0.4 is 4.74 Å². The number of hydrogen-bond donors (Lipinski definition) is 1. The Bertz CT molecular complexity index is 963. The van der Waals surface area contributed by atoms with Crippen molar-refractivity contribution in [3.8, 4) is 5.75 Å². The van der Waals surface area contributed by atoms with E-state index in [1.54, 1.807) is 0 Å². The number of rotatable bonds is 10. The van der Waals surface area contributed by atoms with E-state index >= 15 is 0 Å². The number of carbonyl (C=O) groups is 1. The third-order valence-corrected chi connectivity index (χ3v) is 7.24. The predicted molar refractivity (Wildman–Crippen MR) is 130 cm³/mol. The van der Waals surface area contributed by atoms with Gasteiger partial charge in [0.05, 0.1) is 19.1 Å². The van der Waals surface area contributed by atoms with E-state index in [1.165, 1.54) is 29.5 Å².